The van der Waals surface area contributed by atoms with Gasteiger partial charge in [0.25, 0.3) is 5.91 Å². The molecule has 148 valence electrons. The molecule has 1 aliphatic heterocycles. The van der Waals surface area contributed by atoms with E-state index in [1.165, 1.54) is 12.1 Å². The number of carbonyl (C=O) groups excluding carboxylic acids is 2. The molecule has 2 amide bonds. The summed E-state index contributed by atoms with van der Waals surface area (Å²) < 4.78 is 0. The lowest BCUT2D eigenvalue weighted by molar-refractivity contribution is -0.117. The second kappa shape index (κ2) is 9.33. The second-order valence-corrected chi connectivity index (χ2v) is 7.97. The van der Waals surface area contributed by atoms with Crippen molar-refractivity contribution in [3.05, 3.63) is 62.1 Å². The van der Waals surface area contributed by atoms with Crippen LogP contribution in [-0.4, -0.2) is 54.3 Å². The maximum absolute atomic E-state index is 12.6. The Balaban J connectivity index is 1.53. The highest BCUT2D eigenvalue weighted by Crippen LogP contribution is 2.32. The van der Waals surface area contributed by atoms with Gasteiger partial charge in [0.1, 0.15) is 0 Å². The fraction of sp³-hybridized carbons (Fsp3) is 0.263. The minimum Gasteiger partial charge on any atom is -0.336 e. The third kappa shape index (κ3) is 5.10. The van der Waals surface area contributed by atoms with E-state index in [0.717, 1.165) is 0 Å². The lowest BCUT2D eigenvalue weighted by atomic mass is 10.2. The summed E-state index contributed by atoms with van der Waals surface area (Å²) in [6.45, 7) is 2.39. The number of hydrogen-bond acceptors (Lipinski definition) is 3. The molecule has 2 aromatic carbocycles. The Kier molecular flexibility index (Phi) is 7.07. The standard InChI is InChI=1S/C19H17Cl4N3O2/c20-13-4-2-1-3-12(13)19(28)26-7-5-25(6-8-26)11-18(27)24-17-10-15(22)14(21)9-16(17)23/h1-4,9-10H,5-8,11H2,(H,24,27). The minimum absolute atomic E-state index is 0.0997. The fourth-order valence-corrected chi connectivity index (χ4v) is 3.74. The molecular formula is C19H17Cl4N3O2. The average molecular weight is 461 g/mol. The first-order valence-electron chi connectivity index (χ1n) is 8.55. The Bertz CT molecular complexity index is 899. The van der Waals surface area contributed by atoms with E-state index >= 15 is 0 Å². The van der Waals surface area contributed by atoms with Gasteiger partial charge in [0.05, 0.1) is 37.9 Å². The van der Waals surface area contributed by atoms with Gasteiger partial charge < -0.3 is 10.2 Å². The zero-order chi connectivity index (χ0) is 20.3. The van der Waals surface area contributed by atoms with E-state index in [4.69, 9.17) is 46.4 Å². The highest BCUT2D eigenvalue weighted by molar-refractivity contribution is 6.44. The molecule has 1 fully saturated rings. The van der Waals surface area contributed by atoms with Gasteiger partial charge in [-0.25, -0.2) is 0 Å². The zero-order valence-electron chi connectivity index (χ0n) is 14.7. The quantitative estimate of drug-likeness (QED) is 0.673. The molecular weight excluding hydrogens is 444 g/mol. The van der Waals surface area contributed by atoms with Crippen molar-refractivity contribution in [3.63, 3.8) is 0 Å². The second-order valence-electron chi connectivity index (χ2n) is 6.34. The van der Waals surface area contributed by atoms with Crippen LogP contribution in [0.1, 0.15) is 10.4 Å². The largest absolute Gasteiger partial charge is 0.336 e. The molecule has 0 radical (unpaired) electrons. The van der Waals surface area contributed by atoms with E-state index in [1.807, 2.05) is 4.90 Å². The van der Waals surface area contributed by atoms with Gasteiger partial charge >= 0.3 is 0 Å². The van der Waals surface area contributed by atoms with Gasteiger partial charge in [0, 0.05) is 26.2 Å². The monoisotopic (exact) mass is 459 g/mol. The number of amides is 2. The van der Waals surface area contributed by atoms with E-state index in [-0.39, 0.29) is 18.4 Å². The minimum atomic E-state index is -0.217. The summed E-state index contributed by atoms with van der Waals surface area (Å²) in [5, 5.41) is 4.13. The average Bonchev–Trinajstić information content (AvgIpc) is 2.66. The van der Waals surface area contributed by atoms with Crippen LogP contribution in [0.4, 0.5) is 5.69 Å². The lowest BCUT2D eigenvalue weighted by Crippen LogP contribution is -2.50. The van der Waals surface area contributed by atoms with E-state index in [2.05, 4.69) is 5.32 Å². The van der Waals surface area contributed by atoms with Crippen LogP contribution in [0.3, 0.4) is 0 Å². The van der Waals surface area contributed by atoms with Crippen molar-refractivity contribution in [3.8, 4) is 0 Å². The van der Waals surface area contributed by atoms with Crippen LogP contribution in [0.15, 0.2) is 36.4 Å². The first-order valence-corrected chi connectivity index (χ1v) is 10.1. The van der Waals surface area contributed by atoms with E-state index in [0.29, 0.717) is 57.5 Å². The summed E-state index contributed by atoms with van der Waals surface area (Å²) in [5.74, 6) is -0.316. The maximum atomic E-state index is 12.6. The summed E-state index contributed by atoms with van der Waals surface area (Å²) in [7, 11) is 0. The molecule has 2 aromatic rings. The number of nitrogens with one attached hydrogen (secondary N) is 1. The normalized spacial score (nSPS) is 14.8. The Hall–Kier alpha value is -1.50. The first-order chi connectivity index (χ1) is 13.3. The third-order valence-corrected chi connectivity index (χ3v) is 5.78. The summed E-state index contributed by atoms with van der Waals surface area (Å²) >= 11 is 24.1. The van der Waals surface area contributed by atoms with Gasteiger partial charge in [-0.15, -0.1) is 0 Å². The molecule has 1 heterocycles. The van der Waals surface area contributed by atoms with Gasteiger partial charge in [0.2, 0.25) is 5.91 Å². The molecule has 1 saturated heterocycles. The van der Waals surface area contributed by atoms with Crippen molar-refractivity contribution in [1.29, 1.82) is 0 Å². The third-order valence-electron chi connectivity index (χ3n) is 4.42. The van der Waals surface area contributed by atoms with Crippen molar-refractivity contribution in [2.45, 2.75) is 0 Å². The lowest BCUT2D eigenvalue weighted by Gasteiger charge is -2.34. The van der Waals surface area contributed by atoms with Crippen molar-refractivity contribution >= 4 is 63.9 Å². The number of hydrogen-bond donors (Lipinski definition) is 1. The van der Waals surface area contributed by atoms with Crippen molar-refractivity contribution in [2.24, 2.45) is 0 Å². The van der Waals surface area contributed by atoms with Crippen LogP contribution in [-0.2, 0) is 4.79 Å². The molecule has 5 nitrogen and oxygen atoms in total. The van der Waals surface area contributed by atoms with Gasteiger partial charge in [-0.05, 0) is 24.3 Å². The number of benzene rings is 2. The topological polar surface area (TPSA) is 52.7 Å². The number of rotatable bonds is 4. The Morgan fingerprint density at radius 2 is 1.50 bits per heavy atom. The predicted molar refractivity (Wildman–Crippen MR) is 114 cm³/mol. The predicted octanol–water partition coefficient (Wildman–Crippen LogP) is 4.70. The van der Waals surface area contributed by atoms with Crippen LogP contribution < -0.4 is 5.32 Å². The Morgan fingerprint density at radius 3 is 2.18 bits per heavy atom. The molecule has 3 rings (SSSR count). The Morgan fingerprint density at radius 1 is 0.857 bits per heavy atom. The fourth-order valence-electron chi connectivity index (χ4n) is 2.93. The molecule has 1 aliphatic rings. The molecule has 0 spiro atoms. The molecule has 0 unspecified atom stereocenters. The van der Waals surface area contributed by atoms with Gasteiger partial charge in [-0.3, -0.25) is 14.5 Å². The van der Waals surface area contributed by atoms with E-state index in [9.17, 15) is 9.59 Å². The van der Waals surface area contributed by atoms with Gasteiger partial charge in [-0.2, -0.15) is 0 Å². The van der Waals surface area contributed by atoms with Crippen LogP contribution in [0.2, 0.25) is 20.1 Å². The molecule has 0 aliphatic carbocycles. The zero-order valence-corrected chi connectivity index (χ0v) is 17.7. The van der Waals surface area contributed by atoms with Gasteiger partial charge in [-0.1, -0.05) is 58.5 Å². The molecule has 0 bridgehead atoms. The van der Waals surface area contributed by atoms with Crippen molar-refractivity contribution < 1.29 is 9.59 Å². The summed E-state index contributed by atoms with van der Waals surface area (Å²) in [6.07, 6.45) is 0. The maximum Gasteiger partial charge on any atom is 0.255 e. The molecule has 0 aromatic heterocycles. The van der Waals surface area contributed by atoms with Crippen LogP contribution in [0.25, 0.3) is 0 Å². The van der Waals surface area contributed by atoms with Gasteiger partial charge in [0.15, 0.2) is 0 Å². The number of carbonyl (C=O) groups is 2. The molecule has 0 saturated carbocycles. The van der Waals surface area contributed by atoms with Crippen molar-refractivity contribution in [1.82, 2.24) is 9.80 Å². The number of nitrogens with zero attached hydrogens (tertiary/aromatic N) is 2. The molecule has 0 atom stereocenters. The molecule has 9 heteroatoms. The summed E-state index contributed by atoms with van der Waals surface area (Å²) in [5.41, 5.74) is 0.901. The van der Waals surface area contributed by atoms with E-state index in [1.54, 1.807) is 29.2 Å². The molecule has 28 heavy (non-hydrogen) atoms. The molecule has 1 N–H and O–H groups in total. The Labute approximate surface area is 183 Å². The first kappa shape index (κ1) is 21.2. The number of anilines is 1. The van der Waals surface area contributed by atoms with Crippen molar-refractivity contribution in [2.75, 3.05) is 38.0 Å². The SMILES string of the molecule is O=C(CN1CCN(C(=O)c2ccccc2Cl)CC1)Nc1cc(Cl)c(Cl)cc1Cl. The van der Waals surface area contributed by atoms with Crippen LogP contribution in [0, 0.1) is 0 Å². The summed E-state index contributed by atoms with van der Waals surface area (Å²) in [4.78, 5) is 28.6. The van der Waals surface area contributed by atoms with Crippen LogP contribution >= 0.6 is 46.4 Å². The highest BCUT2D eigenvalue weighted by atomic mass is 35.5. The smallest absolute Gasteiger partial charge is 0.255 e. The highest BCUT2D eigenvalue weighted by Gasteiger charge is 2.24. The number of halogens is 4. The van der Waals surface area contributed by atoms with Crippen LogP contribution in [0.5, 0.6) is 0 Å². The van der Waals surface area contributed by atoms with E-state index < -0.39 is 0 Å². The number of piperazine rings is 1. The summed E-state index contributed by atoms with van der Waals surface area (Å²) in [6, 6.07) is 9.99.